The van der Waals surface area contributed by atoms with Gasteiger partial charge in [-0.1, -0.05) is 77.9 Å². The lowest BCUT2D eigenvalue weighted by atomic mass is 9.82. The highest BCUT2D eigenvalue weighted by Gasteiger charge is 2.52. The Hall–Kier alpha value is -4.67. The average molecular weight is 651 g/mol. The van der Waals surface area contributed by atoms with E-state index in [9.17, 15) is 14.7 Å². The average Bonchev–Trinajstić information content (AvgIpc) is 3.62. The zero-order chi connectivity index (χ0) is 34.3. The fourth-order valence-corrected chi connectivity index (χ4v) is 6.10. The molecule has 0 radical (unpaired) electrons. The van der Waals surface area contributed by atoms with Gasteiger partial charge in [0.1, 0.15) is 0 Å². The van der Waals surface area contributed by atoms with E-state index in [1.54, 1.807) is 27.9 Å². The summed E-state index contributed by atoms with van der Waals surface area (Å²) in [6, 6.07) is 15.2. The van der Waals surface area contributed by atoms with E-state index in [2.05, 4.69) is 43.2 Å². The number of aliphatic hydroxyl groups excluding tert-OH is 1. The first-order valence-electron chi connectivity index (χ1n) is 16.7. The minimum Gasteiger partial charge on any atom is -0.396 e. The summed E-state index contributed by atoms with van der Waals surface area (Å²) in [7, 11) is 0. The lowest BCUT2D eigenvalue weighted by molar-refractivity contribution is -0.139. The SMILES string of the molecule is CC(C)=CCC/C(C)=C/CN1C(=O)[C@@](O)([C@@H](C)/C=C/CCn2cc(CCO)nn2)c2cc(N3N=C(c4ccccc4)CCC3=O)ccc21. The van der Waals surface area contributed by atoms with Crippen molar-refractivity contribution in [2.24, 2.45) is 11.0 Å². The molecule has 0 bridgehead atoms. The Morgan fingerprint density at radius 2 is 1.83 bits per heavy atom. The van der Waals surface area contributed by atoms with Gasteiger partial charge >= 0.3 is 0 Å². The van der Waals surface area contributed by atoms with Gasteiger partial charge in [0.05, 0.1) is 22.8 Å². The molecule has 2 N–H and O–H groups in total. The quantitative estimate of drug-likeness (QED) is 0.211. The summed E-state index contributed by atoms with van der Waals surface area (Å²) < 4.78 is 1.71. The van der Waals surface area contributed by atoms with Gasteiger partial charge in [0.25, 0.3) is 5.91 Å². The second-order valence-corrected chi connectivity index (χ2v) is 12.8. The van der Waals surface area contributed by atoms with Crippen molar-refractivity contribution in [1.82, 2.24) is 15.0 Å². The molecule has 3 heterocycles. The third kappa shape index (κ3) is 7.72. The molecule has 0 saturated heterocycles. The van der Waals surface area contributed by atoms with Crippen LogP contribution in [0.5, 0.6) is 0 Å². The molecule has 5 rings (SSSR count). The topological polar surface area (TPSA) is 124 Å². The van der Waals surface area contributed by atoms with E-state index >= 15 is 0 Å². The van der Waals surface area contributed by atoms with Gasteiger partial charge in [-0.3, -0.25) is 14.3 Å². The molecule has 2 aliphatic heterocycles. The van der Waals surface area contributed by atoms with E-state index in [4.69, 9.17) is 10.2 Å². The number of fused-ring (bicyclic) bond motifs is 1. The highest BCUT2D eigenvalue weighted by atomic mass is 16.3. The van der Waals surface area contributed by atoms with Crippen molar-refractivity contribution in [2.75, 3.05) is 23.1 Å². The molecule has 0 unspecified atom stereocenters. The predicted molar refractivity (Wildman–Crippen MR) is 189 cm³/mol. The number of hydrogen-bond acceptors (Lipinski definition) is 7. The molecule has 0 saturated carbocycles. The first kappa shape index (κ1) is 34.7. The third-order valence-electron chi connectivity index (χ3n) is 8.91. The van der Waals surface area contributed by atoms with Crippen LogP contribution in [-0.4, -0.2) is 55.9 Å². The Kier molecular flexibility index (Phi) is 11.2. The Bertz CT molecular complexity index is 1740. The van der Waals surface area contributed by atoms with Crippen molar-refractivity contribution in [3.8, 4) is 0 Å². The third-order valence-corrected chi connectivity index (χ3v) is 8.91. The first-order valence-corrected chi connectivity index (χ1v) is 16.7. The van der Waals surface area contributed by atoms with Gasteiger partial charge in [-0.25, -0.2) is 5.01 Å². The Balaban J connectivity index is 1.44. The van der Waals surface area contributed by atoms with Crippen LogP contribution < -0.4 is 9.91 Å². The molecule has 0 aliphatic carbocycles. The van der Waals surface area contributed by atoms with Crippen LogP contribution in [0.3, 0.4) is 0 Å². The first-order chi connectivity index (χ1) is 23.1. The molecule has 48 heavy (non-hydrogen) atoms. The van der Waals surface area contributed by atoms with E-state index in [1.165, 1.54) is 16.2 Å². The molecular formula is C38H46N6O4. The number of hydrazone groups is 1. The maximum Gasteiger partial charge on any atom is 0.264 e. The number of amides is 2. The Morgan fingerprint density at radius 3 is 2.58 bits per heavy atom. The predicted octanol–water partition coefficient (Wildman–Crippen LogP) is 5.85. The number of aliphatic hydroxyl groups is 2. The summed E-state index contributed by atoms with van der Waals surface area (Å²) in [6.45, 7) is 8.97. The van der Waals surface area contributed by atoms with Gasteiger partial charge in [-0.2, -0.15) is 5.10 Å². The van der Waals surface area contributed by atoms with Crippen molar-refractivity contribution >= 4 is 28.9 Å². The summed E-state index contributed by atoms with van der Waals surface area (Å²) in [5, 5.41) is 35.8. The molecule has 2 amide bonds. The zero-order valence-electron chi connectivity index (χ0n) is 28.3. The number of allylic oxidation sites excluding steroid dienone is 4. The molecule has 10 nitrogen and oxygen atoms in total. The van der Waals surface area contributed by atoms with Crippen LogP contribution >= 0.6 is 0 Å². The van der Waals surface area contributed by atoms with Crippen LogP contribution in [0.25, 0.3) is 0 Å². The number of anilines is 2. The summed E-state index contributed by atoms with van der Waals surface area (Å²) in [6.07, 6.45) is 13.6. The maximum atomic E-state index is 14.2. The van der Waals surface area contributed by atoms with Gasteiger partial charge in [0, 0.05) is 56.6 Å². The fourth-order valence-electron chi connectivity index (χ4n) is 6.10. The van der Waals surface area contributed by atoms with Crippen LogP contribution in [0, 0.1) is 5.92 Å². The molecule has 10 heteroatoms. The summed E-state index contributed by atoms with van der Waals surface area (Å²) in [4.78, 5) is 29.0. The molecular weight excluding hydrogens is 604 g/mol. The van der Waals surface area contributed by atoms with Crippen molar-refractivity contribution in [1.29, 1.82) is 0 Å². The normalized spacial score (nSPS) is 18.8. The lowest BCUT2D eigenvalue weighted by Gasteiger charge is -2.28. The number of carbonyl (C=O) groups is 2. The van der Waals surface area contributed by atoms with Gasteiger partial charge in [0.2, 0.25) is 5.91 Å². The van der Waals surface area contributed by atoms with Gasteiger partial charge < -0.3 is 15.1 Å². The highest BCUT2D eigenvalue weighted by Crippen LogP contribution is 2.47. The summed E-state index contributed by atoms with van der Waals surface area (Å²) >= 11 is 0. The number of aromatic nitrogens is 3. The van der Waals surface area contributed by atoms with E-state index in [1.807, 2.05) is 55.5 Å². The van der Waals surface area contributed by atoms with Crippen molar-refractivity contribution < 1.29 is 19.8 Å². The van der Waals surface area contributed by atoms with Crippen LogP contribution in [0.15, 0.2) is 95.3 Å². The van der Waals surface area contributed by atoms with E-state index in [0.29, 0.717) is 55.7 Å². The molecule has 2 aliphatic rings. The number of aryl methyl sites for hydroxylation is 1. The largest absolute Gasteiger partial charge is 0.396 e. The van der Waals surface area contributed by atoms with Crippen LogP contribution in [0.2, 0.25) is 0 Å². The second-order valence-electron chi connectivity index (χ2n) is 12.8. The Morgan fingerprint density at radius 1 is 1.04 bits per heavy atom. The van der Waals surface area contributed by atoms with Crippen LogP contribution in [0.1, 0.15) is 76.6 Å². The van der Waals surface area contributed by atoms with Crippen LogP contribution in [0.4, 0.5) is 11.4 Å². The Labute approximate surface area is 282 Å². The van der Waals surface area contributed by atoms with Gasteiger partial charge in [-0.15, -0.1) is 5.10 Å². The van der Waals surface area contributed by atoms with Crippen molar-refractivity contribution in [3.05, 3.63) is 107 Å². The highest BCUT2D eigenvalue weighted by molar-refractivity contribution is 6.10. The maximum absolute atomic E-state index is 14.2. The van der Waals surface area contributed by atoms with E-state index in [-0.39, 0.29) is 12.5 Å². The van der Waals surface area contributed by atoms with Crippen molar-refractivity contribution in [2.45, 2.75) is 78.4 Å². The minimum atomic E-state index is -1.85. The number of carbonyl (C=O) groups excluding carboxylic acids is 2. The molecule has 0 fully saturated rings. The lowest BCUT2D eigenvalue weighted by Crippen LogP contribution is -2.44. The molecule has 0 spiro atoms. The summed E-state index contributed by atoms with van der Waals surface area (Å²) in [5.41, 5.74) is 4.66. The molecule has 3 aromatic rings. The van der Waals surface area contributed by atoms with Crippen molar-refractivity contribution in [3.63, 3.8) is 0 Å². The molecule has 2 aromatic carbocycles. The molecule has 252 valence electrons. The van der Waals surface area contributed by atoms with E-state index < -0.39 is 17.4 Å². The standard InChI is InChI=1S/C38H46N6O4/c1-27(2)11-10-12-28(3)20-23-43-35-18-16-32(44-36(46)19-17-34(40-44)30-14-6-5-7-15-30)25-33(35)38(48,37(43)47)29(4)13-8-9-22-42-26-31(21-24-45)39-41-42/h5-8,11,13-16,18,20,25-26,29,45,48H,9-10,12,17,19,21-24H2,1-4H3/b13-8+,28-20+/t29-,38+/m0/s1. The van der Waals surface area contributed by atoms with Gasteiger partial charge in [-0.05, 0) is 63.8 Å². The van der Waals surface area contributed by atoms with Gasteiger partial charge in [0.15, 0.2) is 5.60 Å². The second kappa shape index (κ2) is 15.5. The number of nitrogens with zero attached hydrogens (tertiary/aromatic N) is 6. The van der Waals surface area contributed by atoms with E-state index in [0.717, 1.165) is 29.8 Å². The smallest absolute Gasteiger partial charge is 0.264 e. The van der Waals surface area contributed by atoms with Crippen LogP contribution in [-0.2, 0) is 28.2 Å². The monoisotopic (exact) mass is 650 g/mol. The summed E-state index contributed by atoms with van der Waals surface area (Å²) in [5.74, 6) is -1.12. The molecule has 2 atom stereocenters. The fraction of sp³-hybridized carbons (Fsp3) is 0.395. The zero-order valence-corrected chi connectivity index (χ0v) is 28.3. The molecule has 1 aromatic heterocycles. The minimum absolute atomic E-state index is 0.0145. The number of hydrogen-bond donors (Lipinski definition) is 2. The number of rotatable bonds is 14. The number of benzene rings is 2.